The molecule has 0 aliphatic heterocycles. The summed E-state index contributed by atoms with van der Waals surface area (Å²) < 4.78 is 23.7. The van der Waals surface area contributed by atoms with Gasteiger partial charge in [0, 0.05) is 18.2 Å². The summed E-state index contributed by atoms with van der Waals surface area (Å²) in [7, 11) is 1.47. The van der Waals surface area contributed by atoms with Crippen molar-refractivity contribution in [1.82, 2.24) is 0 Å². The Kier molecular flexibility index (Phi) is 4.71. The molecule has 0 fully saturated rings. The third-order valence-corrected chi connectivity index (χ3v) is 2.40. The van der Waals surface area contributed by atoms with Gasteiger partial charge in [-0.1, -0.05) is 0 Å². The normalized spacial score (nSPS) is 14.6. The van der Waals surface area contributed by atoms with Crippen molar-refractivity contribution < 1.29 is 19.0 Å². The van der Waals surface area contributed by atoms with Crippen LogP contribution in [0.4, 0.5) is 4.39 Å². The first-order valence-corrected chi connectivity index (χ1v) is 5.23. The van der Waals surface area contributed by atoms with Crippen molar-refractivity contribution in [2.24, 2.45) is 0 Å². The van der Waals surface area contributed by atoms with Crippen LogP contribution in [-0.2, 0) is 4.74 Å². The van der Waals surface area contributed by atoms with Gasteiger partial charge in [0.1, 0.15) is 17.7 Å². The summed E-state index contributed by atoms with van der Waals surface area (Å²) >= 11 is 0. The third-order valence-electron chi connectivity index (χ3n) is 2.40. The van der Waals surface area contributed by atoms with Crippen LogP contribution in [0.5, 0.6) is 5.75 Å². The zero-order chi connectivity index (χ0) is 12.1. The Balaban J connectivity index is 2.87. The molecule has 0 saturated heterocycles. The van der Waals surface area contributed by atoms with Crippen molar-refractivity contribution in [3.8, 4) is 5.75 Å². The van der Waals surface area contributed by atoms with Gasteiger partial charge in [0.05, 0.1) is 13.2 Å². The van der Waals surface area contributed by atoms with Crippen molar-refractivity contribution in [2.45, 2.75) is 26.1 Å². The Morgan fingerprint density at radius 2 is 2.12 bits per heavy atom. The number of rotatable bonds is 5. The van der Waals surface area contributed by atoms with E-state index in [1.807, 2.05) is 6.92 Å². The Hall–Kier alpha value is -1.13. The van der Waals surface area contributed by atoms with Gasteiger partial charge < -0.3 is 14.6 Å². The fourth-order valence-corrected chi connectivity index (χ4v) is 1.48. The topological polar surface area (TPSA) is 38.7 Å². The number of ether oxygens (including phenoxy) is 2. The molecule has 1 aromatic carbocycles. The first kappa shape index (κ1) is 12.9. The zero-order valence-corrected chi connectivity index (χ0v) is 9.74. The highest BCUT2D eigenvalue weighted by Crippen LogP contribution is 2.25. The maximum atomic E-state index is 13.6. The molecule has 16 heavy (non-hydrogen) atoms. The second-order valence-electron chi connectivity index (χ2n) is 3.49. The molecule has 2 unspecified atom stereocenters. The Morgan fingerprint density at radius 1 is 1.44 bits per heavy atom. The van der Waals surface area contributed by atoms with E-state index in [0.29, 0.717) is 12.4 Å². The minimum Gasteiger partial charge on any atom is -0.497 e. The fourth-order valence-electron chi connectivity index (χ4n) is 1.48. The molecule has 0 aliphatic carbocycles. The number of benzene rings is 1. The maximum absolute atomic E-state index is 13.6. The van der Waals surface area contributed by atoms with Crippen molar-refractivity contribution in [3.63, 3.8) is 0 Å². The molecule has 90 valence electrons. The van der Waals surface area contributed by atoms with E-state index in [2.05, 4.69) is 0 Å². The first-order chi connectivity index (χ1) is 7.60. The van der Waals surface area contributed by atoms with E-state index in [1.165, 1.54) is 19.2 Å². The minimum atomic E-state index is -0.967. The molecule has 3 nitrogen and oxygen atoms in total. The van der Waals surface area contributed by atoms with Crippen LogP contribution >= 0.6 is 0 Å². The predicted octanol–water partition coefficient (Wildman–Crippen LogP) is 2.29. The molecule has 0 saturated carbocycles. The van der Waals surface area contributed by atoms with Crippen LogP contribution < -0.4 is 4.74 Å². The summed E-state index contributed by atoms with van der Waals surface area (Å²) in [5.41, 5.74) is 0.224. The van der Waals surface area contributed by atoms with E-state index in [0.717, 1.165) is 0 Å². The molecule has 1 rings (SSSR count). The molecule has 2 atom stereocenters. The van der Waals surface area contributed by atoms with Crippen LogP contribution in [0.15, 0.2) is 18.2 Å². The van der Waals surface area contributed by atoms with Crippen LogP contribution in [0, 0.1) is 5.82 Å². The third kappa shape index (κ3) is 2.93. The van der Waals surface area contributed by atoms with Crippen molar-refractivity contribution in [2.75, 3.05) is 13.7 Å². The van der Waals surface area contributed by atoms with Crippen LogP contribution in [0.2, 0.25) is 0 Å². The predicted molar refractivity (Wildman–Crippen MR) is 59.0 cm³/mol. The number of halogens is 1. The Morgan fingerprint density at radius 3 is 2.62 bits per heavy atom. The van der Waals surface area contributed by atoms with E-state index in [4.69, 9.17) is 9.47 Å². The van der Waals surface area contributed by atoms with Crippen LogP contribution in [0.25, 0.3) is 0 Å². The van der Waals surface area contributed by atoms with Crippen LogP contribution in [-0.4, -0.2) is 24.9 Å². The molecular formula is C12H17FO3. The summed E-state index contributed by atoms with van der Waals surface area (Å²) in [5, 5.41) is 9.86. The lowest BCUT2D eigenvalue weighted by Gasteiger charge is -2.19. The molecule has 0 aliphatic rings. The lowest BCUT2D eigenvalue weighted by Crippen LogP contribution is -2.19. The van der Waals surface area contributed by atoms with Crippen molar-refractivity contribution in [3.05, 3.63) is 29.6 Å². The summed E-state index contributed by atoms with van der Waals surface area (Å²) in [6.45, 7) is 4.02. The highest BCUT2D eigenvalue weighted by molar-refractivity contribution is 5.30. The Bertz CT molecular complexity index is 341. The fraction of sp³-hybridized carbons (Fsp3) is 0.500. The molecule has 1 N–H and O–H groups in total. The molecule has 1 aromatic rings. The lowest BCUT2D eigenvalue weighted by molar-refractivity contribution is -0.0242. The minimum absolute atomic E-state index is 0.224. The molecule has 0 bridgehead atoms. The van der Waals surface area contributed by atoms with Gasteiger partial charge in [0.25, 0.3) is 0 Å². The zero-order valence-electron chi connectivity index (χ0n) is 9.74. The highest BCUT2D eigenvalue weighted by atomic mass is 19.1. The summed E-state index contributed by atoms with van der Waals surface area (Å²) in [4.78, 5) is 0. The molecule has 0 aromatic heterocycles. The standard InChI is InChI=1S/C12H17FO3/c1-4-16-8(2)12(14)10-6-5-9(15-3)7-11(10)13/h5-8,12,14H,4H2,1-3H3. The first-order valence-electron chi connectivity index (χ1n) is 5.23. The van der Waals surface area contributed by atoms with Crippen molar-refractivity contribution >= 4 is 0 Å². The molecular weight excluding hydrogens is 211 g/mol. The average molecular weight is 228 g/mol. The monoisotopic (exact) mass is 228 g/mol. The number of methoxy groups -OCH3 is 1. The van der Waals surface area contributed by atoms with Gasteiger partial charge in [-0.05, 0) is 26.0 Å². The number of hydrogen-bond acceptors (Lipinski definition) is 3. The summed E-state index contributed by atoms with van der Waals surface area (Å²) in [6, 6.07) is 4.37. The van der Waals surface area contributed by atoms with Gasteiger partial charge in [0.15, 0.2) is 0 Å². The van der Waals surface area contributed by atoms with E-state index in [1.54, 1.807) is 13.0 Å². The number of aliphatic hydroxyl groups is 1. The summed E-state index contributed by atoms with van der Waals surface area (Å²) in [5.74, 6) is -0.0593. The molecule has 0 heterocycles. The second-order valence-corrected chi connectivity index (χ2v) is 3.49. The van der Waals surface area contributed by atoms with Crippen molar-refractivity contribution in [1.29, 1.82) is 0 Å². The quantitative estimate of drug-likeness (QED) is 0.840. The SMILES string of the molecule is CCOC(C)C(O)c1ccc(OC)cc1F. The maximum Gasteiger partial charge on any atom is 0.132 e. The number of aliphatic hydroxyl groups excluding tert-OH is 1. The van der Waals surface area contributed by atoms with E-state index in [-0.39, 0.29) is 5.56 Å². The second kappa shape index (κ2) is 5.82. The largest absolute Gasteiger partial charge is 0.497 e. The van der Waals surface area contributed by atoms with Gasteiger partial charge in [-0.15, -0.1) is 0 Å². The lowest BCUT2D eigenvalue weighted by atomic mass is 10.0. The highest BCUT2D eigenvalue weighted by Gasteiger charge is 2.20. The van der Waals surface area contributed by atoms with E-state index in [9.17, 15) is 9.50 Å². The smallest absolute Gasteiger partial charge is 0.132 e. The Labute approximate surface area is 94.8 Å². The van der Waals surface area contributed by atoms with E-state index >= 15 is 0 Å². The van der Waals surface area contributed by atoms with Gasteiger partial charge in [-0.25, -0.2) is 4.39 Å². The number of hydrogen-bond donors (Lipinski definition) is 1. The average Bonchev–Trinajstić information content (AvgIpc) is 2.28. The van der Waals surface area contributed by atoms with Gasteiger partial charge in [-0.3, -0.25) is 0 Å². The van der Waals surface area contributed by atoms with Gasteiger partial charge in [0.2, 0.25) is 0 Å². The summed E-state index contributed by atoms with van der Waals surface area (Å²) in [6.07, 6.45) is -1.40. The van der Waals surface area contributed by atoms with Gasteiger partial charge in [-0.2, -0.15) is 0 Å². The molecule has 0 spiro atoms. The molecule has 0 radical (unpaired) electrons. The molecule has 0 amide bonds. The van der Waals surface area contributed by atoms with Crippen LogP contribution in [0.3, 0.4) is 0 Å². The van der Waals surface area contributed by atoms with Crippen LogP contribution in [0.1, 0.15) is 25.5 Å². The van der Waals surface area contributed by atoms with E-state index < -0.39 is 18.0 Å². The molecule has 4 heteroatoms. The van der Waals surface area contributed by atoms with Gasteiger partial charge >= 0.3 is 0 Å².